The van der Waals surface area contributed by atoms with Crippen LogP contribution in [0.15, 0.2) is 0 Å². The molecule has 0 radical (unpaired) electrons. The van der Waals surface area contributed by atoms with Crippen molar-refractivity contribution >= 4 is 11.8 Å². The lowest BCUT2D eigenvalue weighted by Gasteiger charge is -2.17. The van der Waals surface area contributed by atoms with E-state index < -0.39 is 0 Å². The van der Waals surface area contributed by atoms with Crippen molar-refractivity contribution in [2.24, 2.45) is 5.41 Å². The summed E-state index contributed by atoms with van der Waals surface area (Å²) in [5.41, 5.74) is 0.335. The fourth-order valence-corrected chi connectivity index (χ4v) is 2.30. The molecule has 0 heterocycles. The molecule has 1 unspecified atom stereocenters. The molecule has 0 aromatic rings. The van der Waals surface area contributed by atoms with Gasteiger partial charge in [-0.1, -0.05) is 6.92 Å². The van der Waals surface area contributed by atoms with Crippen molar-refractivity contribution < 1.29 is 5.11 Å². The van der Waals surface area contributed by atoms with Crippen LogP contribution in [-0.2, 0) is 0 Å². The van der Waals surface area contributed by atoms with Gasteiger partial charge in [0, 0.05) is 0 Å². The van der Waals surface area contributed by atoms with Crippen LogP contribution in [0, 0.1) is 5.41 Å². The first-order valence-electron chi connectivity index (χ1n) is 4.47. The highest BCUT2D eigenvalue weighted by atomic mass is 32.2. The minimum absolute atomic E-state index is 0.0834. The molecule has 0 saturated heterocycles. The average Bonchev–Trinajstić information content (AvgIpc) is 2.70. The Hall–Kier alpha value is 0.310. The highest BCUT2D eigenvalue weighted by Gasteiger charge is 2.45. The molecular weight excluding hydrogens is 156 g/mol. The van der Waals surface area contributed by atoms with Crippen molar-refractivity contribution in [2.45, 2.75) is 39.2 Å². The van der Waals surface area contributed by atoms with Crippen LogP contribution in [0.25, 0.3) is 0 Å². The van der Waals surface area contributed by atoms with Crippen LogP contribution in [0.5, 0.6) is 0 Å². The topological polar surface area (TPSA) is 20.2 Å². The summed E-state index contributed by atoms with van der Waals surface area (Å²) in [4.78, 5) is 0. The van der Waals surface area contributed by atoms with Gasteiger partial charge in [-0.05, 0) is 43.1 Å². The van der Waals surface area contributed by atoms with E-state index in [4.69, 9.17) is 0 Å². The zero-order valence-corrected chi connectivity index (χ0v) is 8.28. The average molecular weight is 174 g/mol. The van der Waals surface area contributed by atoms with E-state index in [-0.39, 0.29) is 6.10 Å². The maximum Gasteiger partial charge on any atom is 0.0568 e. The molecule has 0 amide bonds. The Kier molecular flexibility index (Phi) is 3.26. The van der Waals surface area contributed by atoms with Crippen molar-refractivity contribution in [3.63, 3.8) is 0 Å². The molecule has 1 rings (SSSR count). The number of thioether (sulfide) groups is 1. The van der Waals surface area contributed by atoms with Crippen molar-refractivity contribution in [3.8, 4) is 0 Å². The number of aliphatic hydroxyl groups excluding tert-OH is 1. The lowest BCUT2D eigenvalue weighted by atomic mass is 9.98. The van der Waals surface area contributed by atoms with Crippen molar-refractivity contribution in [2.75, 3.05) is 11.5 Å². The normalized spacial score (nSPS) is 23.2. The van der Waals surface area contributed by atoms with Crippen molar-refractivity contribution in [1.82, 2.24) is 0 Å². The number of rotatable bonds is 5. The second kappa shape index (κ2) is 3.81. The van der Waals surface area contributed by atoms with E-state index in [2.05, 4.69) is 6.92 Å². The Balaban J connectivity index is 2.14. The van der Waals surface area contributed by atoms with Gasteiger partial charge in [0.15, 0.2) is 0 Å². The Morgan fingerprint density at radius 1 is 1.55 bits per heavy atom. The Morgan fingerprint density at radius 2 is 2.18 bits per heavy atom. The highest BCUT2D eigenvalue weighted by molar-refractivity contribution is 7.99. The third-order valence-electron chi connectivity index (χ3n) is 2.73. The minimum atomic E-state index is -0.0834. The molecule has 1 nitrogen and oxygen atoms in total. The molecule has 0 aromatic heterocycles. The van der Waals surface area contributed by atoms with Gasteiger partial charge in [-0.3, -0.25) is 0 Å². The van der Waals surface area contributed by atoms with Crippen LogP contribution >= 0.6 is 11.8 Å². The van der Waals surface area contributed by atoms with Gasteiger partial charge >= 0.3 is 0 Å². The lowest BCUT2D eigenvalue weighted by Crippen LogP contribution is -2.18. The third-order valence-corrected chi connectivity index (χ3v) is 3.63. The number of hydrogen-bond acceptors (Lipinski definition) is 2. The van der Waals surface area contributed by atoms with Gasteiger partial charge in [0.2, 0.25) is 0 Å². The Bertz CT molecular complexity index is 119. The predicted octanol–water partition coefficient (Wildman–Crippen LogP) is 2.29. The molecule has 1 fully saturated rings. The monoisotopic (exact) mass is 174 g/mol. The maximum absolute atomic E-state index is 9.43. The van der Waals surface area contributed by atoms with Gasteiger partial charge in [-0.25, -0.2) is 0 Å². The maximum atomic E-state index is 9.43. The number of hydrogen-bond donors (Lipinski definition) is 1. The molecule has 1 N–H and O–H groups in total. The van der Waals surface area contributed by atoms with Gasteiger partial charge < -0.3 is 5.11 Å². The van der Waals surface area contributed by atoms with Crippen LogP contribution in [0.3, 0.4) is 0 Å². The van der Waals surface area contributed by atoms with Crippen LogP contribution in [-0.4, -0.2) is 22.7 Å². The molecule has 66 valence electrons. The van der Waals surface area contributed by atoms with Gasteiger partial charge in [-0.15, -0.1) is 0 Å². The van der Waals surface area contributed by atoms with Gasteiger partial charge in [0.05, 0.1) is 6.10 Å². The van der Waals surface area contributed by atoms with E-state index in [1.54, 1.807) is 0 Å². The summed E-state index contributed by atoms with van der Waals surface area (Å²) >= 11 is 1.98. The molecule has 1 saturated carbocycles. The Morgan fingerprint density at radius 3 is 2.55 bits per heavy atom. The quantitative estimate of drug-likeness (QED) is 0.645. The third kappa shape index (κ3) is 2.38. The SMILES string of the molecule is CCSCCC1(C(C)O)CC1. The number of aliphatic hydroxyl groups is 1. The molecule has 0 bridgehead atoms. The summed E-state index contributed by atoms with van der Waals surface area (Å²) in [6, 6.07) is 0. The van der Waals surface area contributed by atoms with E-state index in [0.717, 1.165) is 0 Å². The van der Waals surface area contributed by atoms with E-state index in [1.807, 2.05) is 18.7 Å². The van der Waals surface area contributed by atoms with Crippen LogP contribution in [0.4, 0.5) is 0 Å². The molecular formula is C9H18OS. The van der Waals surface area contributed by atoms with Gasteiger partial charge in [0.1, 0.15) is 0 Å². The standard InChI is InChI=1S/C9H18OS/c1-3-11-7-6-9(4-5-9)8(2)10/h8,10H,3-7H2,1-2H3. The summed E-state index contributed by atoms with van der Waals surface area (Å²) in [5.74, 6) is 2.43. The molecule has 0 spiro atoms. The van der Waals surface area contributed by atoms with E-state index >= 15 is 0 Å². The predicted molar refractivity (Wildman–Crippen MR) is 51.0 cm³/mol. The first-order chi connectivity index (χ1) is 5.21. The van der Waals surface area contributed by atoms with E-state index in [0.29, 0.717) is 5.41 Å². The van der Waals surface area contributed by atoms with E-state index in [9.17, 15) is 5.11 Å². The Labute approximate surface area is 73.6 Å². The minimum Gasteiger partial charge on any atom is -0.393 e. The van der Waals surface area contributed by atoms with Gasteiger partial charge in [-0.2, -0.15) is 11.8 Å². The second-order valence-electron chi connectivity index (χ2n) is 3.49. The molecule has 0 aliphatic heterocycles. The lowest BCUT2D eigenvalue weighted by molar-refractivity contribution is 0.108. The fraction of sp³-hybridized carbons (Fsp3) is 1.00. The second-order valence-corrected chi connectivity index (χ2v) is 4.88. The summed E-state index contributed by atoms with van der Waals surface area (Å²) in [6.07, 6.45) is 3.62. The van der Waals surface area contributed by atoms with Crippen LogP contribution in [0.1, 0.15) is 33.1 Å². The first-order valence-corrected chi connectivity index (χ1v) is 5.62. The van der Waals surface area contributed by atoms with Crippen molar-refractivity contribution in [1.29, 1.82) is 0 Å². The molecule has 2 heteroatoms. The molecule has 0 aromatic carbocycles. The molecule has 1 atom stereocenters. The summed E-state index contributed by atoms with van der Waals surface area (Å²) in [7, 11) is 0. The zero-order valence-electron chi connectivity index (χ0n) is 7.47. The largest absolute Gasteiger partial charge is 0.393 e. The smallest absolute Gasteiger partial charge is 0.0568 e. The molecule has 1 aliphatic rings. The van der Waals surface area contributed by atoms with Crippen molar-refractivity contribution in [3.05, 3.63) is 0 Å². The summed E-state index contributed by atoms with van der Waals surface area (Å²) in [6.45, 7) is 4.12. The fourth-order valence-electron chi connectivity index (χ4n) is 1.46. The molecule has 1 aliphatic carbocycles. The van der Waals surface area contributed by atoms with Crippen LogP contribution < -0.4 is 0 Å². The molecule has 11 heavy (non-hydrogen) atoms. The van der Waals surface area contributed by atoms with Crippen LogP contribution in [0.2, 0.25) is 0 Å². The zero-order chi connectivity index (χ0) is 8.32. The van der Waals surface area contributed by atoms with E-state index in [1.165, 1.54) is 30.8 Å². The highest BCUT2D eigenvalue weighted by Crippen LogP contribution is 2.52. The summed E-state index contributed by atoms with van der Waals surface area (Å²) in [5, 5.41) is 9.43. The first kappa shape index (κ1) is 9.40. The summed E-state index contributed by atoms with van der Waals surface area (Å²) < 4.78 is 0. The van der Waals surface area contributed by atoms with Gasteiger partial charge in [0.25, 0.3) is 0 Å².